The minimum Gasteiger partial charge on any atom is -0.497 e. The Labute approximate surface area is 138 Å². The summed E-state index contributed by atoms with van der Waals surface area (Å²) in [4.78, 5) is 4.46. The fraction of sp³-hybridized carbons (Fsp3) is 0.300. The molecular formula is C20H23NO2. The lowest BCUT2D eigenvalue weighted by Gasteiger charge is -2.12. The van der Waals surface area contributed by atoms with E-state index in [1.165, 1.54) is 0 Å². The molecule has 0 heterocycles. The van der Waals surface area contributed by atoms with Crippen molar-refractivity contribution in [2.45, 2.75) is 19.8 Å². The monoisotopic (exact) mass is 309 g/mol. The van der Waals surface area contributed by atoms with Crippen molar-refractivity contribution in [2.24, 2.45) is 4.99 Å². The fourth-order valence-corrected chi connectivity index (χ4v) is 2.27. The quantitative estimate of drug-likeness (QED) is 0.552. The number of hydrogen-bond donors (Lipinski definition) is 0. The van der Waals surface area contributed by atoms with E-state index in [2.05, 4.69) is 29.9 Å². The molecular weight excluding hydrogens is 286 g/mol. The third-order valence-electron chi connectivity index (χ3n) is 3.55. The van der Waals surface area contributed by atoms with Gasteiger partial charge in [-0.1, -0.05) is 43.7 Å². The van der Waals surface area contributed by atoms with Gasteiger partial charge in [-0.2, -0.15) is 0 Å². The Hall–Kier alpha value is -2.51. The summed E-state index contributed by atoms with van der Waals surface area (Å²) in [6.07, 6.45) is 2.18. The molecule has 0 atom stereocenters. The van der Waals surface area contributed by atoms with E-state index >= 15 is 0 Å². The van der Waals surface area contributed by atoms with Crippen LogP contribution in [0.4, 0.5) is 0 Å². The van der Waals surface area contributed by atoms with Gasteiger partial charge in [0.05, 0.1) is 19.8 Å². The molecule has 3 nitrogen and oxygen atoms in total. The highest BCUT2D eigenvalue weighted by Crippen LogP contribution is 2.32. The van der Waals surface area contributed by atoms with Gasteiger partial charge in [-0.05, 0) is 36.1 Å². The Kier molecular flexibility index (Phi) is 6.46. The highest BCUT2D eigenvalue weighted by molar-refractivity contribution is 6.00. The van der Waals surface area contributed by atoms with E-state index in [-0.39, 0.29) is 0 Å². The summed E-state index contributed by atoms with van der Waals surface area (Å²) in [6.45, 7) is 2.93. The summed E-state index contributed by atoms with van der Waals surface area (Å²) in [5, 5.41) is 0. The molecule has 0 N–H and O–H groups in total. The molecule has 0 fully saturated rings. The van der Waals surface area contributed by atoms with Crippen LogP contribution in [-0.2, 0) is 0 Å². The summed E-state index contributed by atoms with van der Waals surface area (Å²) in [5.74, 6) is 4.78. The van der Waals surface area contributed by atoms with Gasteiger partial charge in [0.1, 0.15) is 11.5 Å². The standard InChI is InChI=1S/C20H23NO2/c1-4-5-13-21-15-19(16-9-7-6-8-10-16)18-14-17(22-2)11-12-20(18)23-3/h6-12,14H,4-5,13H2,1-3H3. The van der Waals surface area contributed by atoms with E-state index in [1.807, 2.05) is 36.4 Å². The van der Waals surface area contributed by atoms with Crippen LogP contribution < -0.4 is 9.47 Å². The average molecular weight is 309 g/mol. The molecule has 0 bridgehead atoms. The van der Waals surface area contributed by atoms with Crippen molar-refractivity contribution in [3.8, 4) is 11.5 Å². The van der Waals surface area contributed by atoms with Crippen molar-refractivity contribution in [3.63, 3.8) is 0 Å². The van der Waals surface area contributed by atoms with Crippen molar-refractivity contribution >= 4 is 11.4 Å². The first kappa shape index (κ1) is 16.9. The molecule has 0 aliphatic rings. The summed E-state index contributed by atoms with van der Waals surface area (Å²) >= 11 is 0. The van der Waals surface area contributed by atoms with Crippen LogP contribution in [0, 0.1) is 0 Å². The van der Waals surface area contributed by atoms with E-state index in [1.54, 1.807) is 14.2 Å². The van der Waals surface area contributed by atoms with Gasteiger partial charge in [0, 0.05) is 12.1 Å². The van der Waals surface area contributed by atoms with Crippen LogP contribution in [0.3, 0.4) is 0 Å². The second kappa shape index (κ2) is 8.82. The molecule has 0 radical (unpaired) electrons. The summed E-state index contributed by atoms with van der Waals surface area (Å²) < 4.78 is 10.9. The molecule has 0 amide bonds. The zero-order valence-corrected chi connectivity index (χ0v) is 14.0. The summed E-state index contributed by atoms with van der Waals surface area (Å²) in [6, 6.07) is 15.9. The maximum absolute atomic E-state index is 5.52. The Morgan fingerprint density at radius 3 is 2.48 bits per heavy atom. The van der Waals surface area contributed by atoms with Crippen molar-refractivity contribution in [1.29, 1.82) is 0 Å². The molecule has 0 aliphatic carbocycles. The second-order valence-electron chi connectivity index (χ2n) is 5.15. The Morgan fingerprint density at radius 1 is 1.04 bits per heavy atom. The van der Waals surface area contributed by atoms with Crippen LogP contribution in [0.15, 0.2) is 53.5 Å². The van der Waals surface area contributed by atoms with Gasteiger partial charge in [0.15, 0.2) is 0 Å². The minimum absolute atomic E-state index is 0.777. The summed E-state index contributed by atoms with van der Waals surface area (Å²) in [5.41, 5.74) is 2.90. The normalized spacial score (nSPS) is 9.87. The van der Waals surface area contributed by atoms with Crippen LogP contribution in [-0.4, -0.2) is 26.6 Å². The maximum atomic E-state index is 5.52. The van der Waals surface area contributed by atoms with Crippen LogP contribution >= 0.6 is 0 Å². The molecule has 0 spiro atoms. The highest BCUT2D eigenvalue weighted by Gasteiger charge is 2.12. The molecule has 23 heavy (non-hydrogen) atoms. The molecule has 0 aliphatic heterocycles. The largest absolute Gasteiger partial charge is 0.497 e. The third kappa shape index (κ3) is 4.48. The predicted molar refractivity (Wildman–Crippen MR) is 95.7 cm³/mol. The van der Waals surface area contributed by atoms with E-state index in [0.717, 1.165) is 47.6 Å². The topological polar surface area (TPSA) is 30.8 Å². The van der Waals surface area contributed by atoms with Crippen LogP contribution in [0.2, 0.25) is 0 Å². The number of rotatable bonds is 7. The number of methoxy groups -OCH3 is 2. The first-order valence-corrected chi connectivity index (χ1v) is 7.87. The molecule has 0 saturated heterocycles. The molecule has 120 valence electrons. The average Bonchev–Trinajstić information content (AvgIpc) is 2.62. The van der Waals surface area contributed by atoms with Gasteiger partial charge >= 0.3 is 0 Å². The van der Waals surface area contributed by atoms with Crippen LogP contribution in [0.5, 0.6) is 11.5 Å². The molecule has 3 heteroatoms. The van der Waals surface area contributed by atoms with E-state index in [9.17, 15) is 0 Å². The number of nitrogens with zero attached hydrogens (tertiary/aromatic N) is 1. The number of ether oxygens (including phenoxy) is 2. The van der Waals surface area contributed by atoms with Crippen LogP contribution in [0.1, 0.15) is 30.9 Å². The zero-order chi connectivity index (χ0) is 16.5. The Balaban J connectivity index is 2.56. The van der Waals surface area contributed by atoms with E-state index in [0.29, 0.717) is 0 Å². The number of aliphatic imine (C=N–C) groups is 1. The van der Waals surface area contributed by atoms with Gasteiger partial charge in [-0.25, -0.2) is 4.99 Å². The third-order valence-corrected chi connectivity index (χ3v) is 3.55. The molecule has 2 aromatic carbocycles. The van der Waals surface area contributed by atoms with Crippen LogP contribution in [0.25, 0.3) is 5.57 Å². The maximum Gasteiger partial charge on any atom is 0.127 e. The molecule has 0 saturated carbocycles. The highest BCUT2D eigenvalue weighted by atomic mass is 16.5. The van der Waals surface area contributed by atoms with Crippen molar-refractivity contribution < 1.29 is 9.47 Å². The Morgan fingerprint density at radius 2 is 1.83 bits per heavy atom. The van der Waals surface area contributed by atoms with Crippen molar-refractivity contribution in [1.82, 2.24) is 0 Å². The van der Waals surface area contributed by atoms with E-state index in [4.69, 9.17) is 9.47 Å². The fourth-order valence-electron chi connectivity index (χ4n) is 2.27. The molecule has 2 rings (SSSR count). The SMILES string of the molecule is CCCCN=C=C(c1ccccc1)c1cc(OC)ccc1OC. The van der Waals surface area contributed by atoms with Gasteiger partial charge in [0.2, 0.25) is 0 Å². The van der Waals surface area contributed by atoms with Gasteiger partial charge in [-0.3, -0.25) is 0 Å². The van der Waals surface area contributed by atoms with Gasteiger partial charge in [0.25, 0.3) is 0 Å². The van der Waals surface area contributed by atoms with Crippen molar-refractivity contribution in [2.75, 3.05) is 20.8 Å². The number of hydrogen-bond acceptors (Lipinski definition) is 3. The zero-order valence-electron chi connectivity index (χ0n) is 14.0. The first-order valence-electron chi connectivity index (χ1n) is 7.87. The lowest BCUT2D eigenvalue weighted by Crippen LogP contribution is -1.96. The Bertz CT molecular complexity index is 686. The smallest absolute Gasteiger partial charge is 0.127 e. The lowest BCUT2D eigenvalue weighted by molar-refractivity contribution is 0.402. The summed E-state index contributed by atoms with van der Waals surface area (Å²) in [7, 11) is 3.33. The molecule has 0 aromatic heterocycles. The van der Waals surface area contributed by atoms with E-state index < -0.39 is 0 Å². The second-order valence-corrected chi connectivity index (χ2v) is 5.15. The lowest BCUT2D eigenvalue weighted by atomic mass is 9.98. The first-order chi connectivity index (χ1) is 11.3. The molecule has 0 unspecified atom stereocenters. The van der Waals surface area contributed by atoms with Gasteiger partial charge in [-0.15, -0.1) is 0 Å². The van der Waals surface area contributed by atoms with Crippen molar-refractivity contribution in [3.05, 3.63) is 59.7 Å². The number of benzene rings is 2. The van der Waals surface area contributed by atoms with Gasteiger partial charge < -0.3 is 9.47 Å². The number of unbranched alkanes of at least 4 members (excludes halogenated alkanes) is 1. The minimum atomic E-state index is 0.777. The molecule has 2 aromatic rings. The predicted octanol–water partition coefficient (Wildman–Crippen LogP) is 4.61.